The summed E-state index contributed by atoms with van der Waals surface area (Å²) in [7, 11) is 0. The van der Waals surface area contributed by atoms with Gasteiger partial charge in [0.15, 0.2) is 0 Å². The minimum atomic E-state index is -0.124. The normalized spacial score (nSPS) is 37.9. The Morgan fingerprint density at radius 3 is 2.75 bits per heavy atom. The van der Waals surface area contributed by atoms with E-state index in [0.29, 0.717) is 18.5 Å². The third kappa shape index (κ3) is 1.16. The summed E-state index contributed by atoms with van der Waals surface area (Å²) < 4.78 is 0. The zero-order valence-electron chi connectivity index (χ0n) is 9.69. The highest BCUT2D eigenvalue weighted by molar-refractivity contribution is 6.04. The number of carbonyl (C=O) groups excluding carboxylic acids is 2. The average molecular weight is 222 g/mol. The fourth-order valence-electron chi connectivity index (χ4n) is 3.66. The Morgan fingerprint density at radius 1 is 1.25 bits per heavy atom. The Balaban J connectivity index is 1.89. The van der Waals surface area contributed by atoms with Crippen molar-refractivity contribution in [3.63, 3.8) is 0 Å². The van der Waals surface area contributed by atoms with Gasteiger partial charge in [-0.25, -0.2) is 4.79 Å². The second-order valence-corrected chi connectivity index (χ2v) is 5.14. The van der Waals surface area contributed by atoms with Crippen LogP contribution in [0.5, 0.6) is 0 Å². The van der Waals surface area contributed by atoms with E-state index in [1.165, 1.54) is 24.2 Å². The molecule has 3 fully saturated rings. The SMILES string of the molecule is CCN1C(=O)C2CC3CCCCC3N2C1=O. The second-order valence-electron chi connectivity index (χ2n) is 5.14. The molecule has 0 aromatic rings. The summed E-state index contributed by atoms with van der Waals surface area (Å²) in [6.45, 7) is 2.39. The zero-order valence-corrected chi connectivity index (χ0v) is 9.69. The fraction of sp³-hybridized carbons (Fsp3) is 0.833. The Hall–Kier alpha value is -1.06. The smallest absolute Gasteiger partial charge is 0.309 e. The number of nitrogens with zero attached hydrogens (tertiary/aromatic N) is 2. The topological polar surface area (TPSA) is 40.6 Å². The monoisotopic (exact) mass is 222 g/mol. The van der Waals surface area contributed by atoms with Gasteiger partial charge in [0.05, 0.1) is 0 Å². The molecule has 0 spiro atoms. The Morgan fingerprint density at radius 2 is 2.00 bits per heavy atom. The Labute approximate surface area is 95.6 Å². The maximum absolute atomic E-state index is 12.1. The Bertz CT molecular complexity index is 342. The molecule has 0 aromatic carbocycles. The molecule has 2 aliphatic heterocycles. The lowest BCUT2D eigenvalue weighted by molar-refractivity contribution is -0.127. The molecular formula is C12H18N2O2. The van der Waals surface area contributed by atoms with Gasteiger partial charge in [-0.2, -0.15) is 0 Å². The van der Waals surface area contributed by atoms with Crippen molar-refractivity contribution in [1.29, 1.82) is 0 Å². The van der Waals surface area contributed by atoms with Crippen molar-refractivity contribution in [3.8, 4) is 0 Å². The number of hydrogen-bond acceptors (Lipinski definition) is 2. The standard InChI is InChI=1S/C12H18N2O2/c1-2-13-11(15)10-7-8-5-3-4-6-9(8)14(10)12(13)16/h8-10H,2-7H2,1H3. The molecule has 3 unspecified atom stereocenters. The molecular weight excluding hydrogens is 204 g/mol. The van der Waals surface area contributed by atoms with Crippen LogP contribution in [0.25, 0.3) is 0 Å². The van der Waals surface area contributed by atoms with Crippen LogP contribution in [0.15, 0.2) is 0 Å². The highest BCUT2D eigenvalue weighted by Crippen LogP contribution is 2.43. The molecule has 16 heavy (non-hydrogen) atoms. The molecule has 3 aliphatic rings. The number of amides is 3. The number of imide groups is 1. The lowest BCUT2D eigenvalue weighted by Gasteiger charge is -2.30. The van der Waals surface area contributed by atoms with Gasteiger partial charge >= 0.3 is 6.03 Å². The van der Waals surface area contributed by atoms with Crippen molar-refractivity contribution >= 4 is 11.9 Å². The van der Waals surface area contributed by atoms with E-state index in [0.717, 1.165) is 12.8 Å². The first-order valence-corrected chi connectivity index (χ1v) is 6.37. The summed E-state index contributed by atoms with van der Waals surface area (Å²) in [5.74, 6) is 0.632. The van der Waals surface area contributed by atoms with Crippen molar-refractivity contribution in [1.82, 2.24) is 9.80 Å². The summed E-state index contributed by atoms with van der Waals surface area (Å²) in [5.41, 5.74) is 0. The molecule has 3 rings (SSSR count). The summed E-state index contributed by atoms with van der Waals surface area (Å²) in [6, 6.07) is 0.194. The van der Waals surface area contributed by atoms with Gasteiger partial charge in [-0.3, -0.25) is 9.69 Å². The van der Waals surface area contributed by atoms with Gasteiger partial charge < -0.3 is 4.90 Å². The van der Waals surface area contributed by atoms with E-state index in [2.05, 4.69) is 0 Å². The van der Waals surface area contributed by atoms with Crippen LogP contribution in [0.3, 0.4) is 0 Å². The van der Waals surface area contributed by atoms with E-state index in [9.17, 15) is 9.59 Å². The van der Waals surface area contributed by atoms with Gasteiger partial charge in [-0.1, -0.05) is 12.8 Å². The van der Waals surface area contributed by atoms with Crippen LogP contribution in [-0.2, 0) is 4.79 Å². The average Bonchev–Trinajstić information content (AvgIpc) is 2.77. The predicted octanol–water partition coefficient (Wildman–Crippen LogP) is 1.60. The van der Waals surface area contributed by atoms with E-state index in [1.54, 1.807) is 0 Å². The van der Waals surface area contributed by atoms with Crippen molar-refractivity contribution in [3.05, 3.63) is 0 Å². The number of rotatable bonds is 1. The molecule has 0 radical (unpaired) electrons. The highest BCUT2D eigenvalue weighted by Gasteiger charge is 2.54. The molecule has 4 nitrogen and oxygen atoms in total. The van der Waals surface area contributed by atoms with E-state index < -0.39 is 0 Å². The molecule has 3 amide bonds. The van der Waals surface area contributed by atoms with Gasteiger partial charge in [-0.15, -0.1) is 0 Å². The van der Waals surface area contributed by atoms with Crippen LogP contribution >= 0.6 is 0 Å². The number of urea groups is 1. The largest absolute Gasteiger partial charge is 0.327 e. The predicted molar refractivity (Wildman–Crippen MR) is 58.8 cm³/mol. The molecule has 2 heterocycles. The third-order valence-corrected chi connectivity index (χ3v) is 4.41. The van der Waals surface area contributed by atoms with Crippen molar-refractivity contribution in [2.24, 2.45) is 5.92 Å². The van der Waals surface area contributed by atoms with Crippen LogP contribution in [0.4, 0.5) is 4.79 Å². The molecule has 1 saturated carbocycles. The Kier molecular flexibility index (Phi) is 2.19. The molecule has 1 aliphatic carbocycles. The van der Waals surface area contributed by atoms with Gasteiger partial charge in [0.1, 0.15) is 6.04 Å². The number of fused-ring (bicyclic) bond motifs is 3. The minimum absolute atomic E-state index is 0.0353. The second kappa shape index (κ2) is 3.47. The van der Waals surface area contributed by atoms with Crippen molar-refractivity contribution < 1.29 is 9.59 Å². The van der Waals surface area contributed by atoms with Crippen LogP contribution in [0.2, 0.25) is 0 Å². The summed E-state index contributed by atoms with van der Waals surface area (Å²) in [4.78, 5) is 27.4. The third-order valence-electron chi connectivity index (χ3n) is 4.41. The van der Waals surface area contributed by atoms with Gasteiger partial charge in [0, 0.05) is 12.6 Å². The number of likely N-dealkylation sites (N-methyl/N-ethyl adjacent to an activating group) is 1. The van der Waals surface area contributed by atoms with Crippen LogP contribution < -0.4 is 0 Å². The van der Waals surface area contributed by atoms with Crippen LogP contribution in [-0.4, -0.2) is 40.4 Å². The van der Waals surface area contributed by atoms with E-state index in [1.807, 2.05) is 11.8 Å². The number of hydrogen-bond donors (Lipinski definition) is 0. The lowest BCUT2D eigenvalue weighted by atomic mass is 9.84. The first-order chi connectivity index (χ1) is 7.74. The van der Waals surface area contributed by atoms with E-state index >= 15 is 0 Å². The molecule has 0 bridgehead atoms. The molecule has 88 valence electrons. The maximum Gasteiger partial charge on any atom is 0.327 e. The van der Waals surface area contributed by atoms with Gasteiger partial charge in [0.25, 0.3) is 5.91 Å². The van der Waals surface area contributed by atoms with Gasteiger partial charge in [-0.05, 0) is 32.1 Å². The lowest BCUT2D eigenvalue weighted by Crippen LogP contribution is -2.41. The minimum Gasteiger partial charge on any atom is -0.309 e. The zero-order chi connectivity index (χ0) is 11.3. The van der Waals surface area contributed by atoms with E-state index in [4.69, 9.17) is 0 Å². The van der Waals surface area contributed by atoms with Crippen molar-refractivity contribution in [2.75, 3.05) is 6.54 Å². The molecule has 0 N–H and O–H groups in total. The number of carbonyl (C=O) groups is 2. The van der Waals surface area contributed by atoms with Crippen LogP contribution in [0, 0.1) is 5.92 Å². The quantitative estimate of drug-likeness (QED) is 0.632. The first-order valence-electron chi connectivity index (χ1n) is 6.37. The molecule has 0 aromatic heterocycles. The molecule has 4 heteroatoms. The van der Waals surface area contributed by atoms with Crippen molar-refractivity contribution in [2.45, 2.75) is 51.1 Å². The van der Waals surface area contributed by atoms with E-state index in [-0.39, 0.29) is 18.0 Å². The maximum atomic E-state index is 12.1. The fourth-order valence-corrected chi connectivity index (χ4v) is 3.66. The summed E-state index contributed by atoms with van der Waals surface area (Å²) >= 11 is 0. The first kappa shape index (κ1) is 10.1. The summed E-state index contributed by atoms with van der Waals surface area (Å²) in [6.07, 6.45) is 5.67. The summed E-state index contributed by atoms with van der Waals surface area (Å²) in [5, 5.41) is 0. The highest BCUT2D eigenvalue weighted by atomic mass is 16.2. The molecule has 2 saturated heterocycles. The van der Waals surface area contributed by atoms with Crippen LogP contribution in [0.1, 0.15) is 39.0 Å². The van der Waals surface area contributed by atoms with Gasteiger partial charge in [0.2, 0.25) is 0 Å². The molecule has 3 atom stereocenters.